The predicted molar refractivity (Wildman–Crippen MR) is 95.6 cm³/mol. The van der Waals surface area contributed by atoms with Gasteiger partial charge in [0.05, 0.1) is 11.3 Å². The van der Waals surface area contributed by atoms with E-state index in [0.717, 1.165) is 17.7 Å². The fourth-order valence-electron chi connectivity index (χ4n) is 3.26. The standard InChI is InChI=1S/C20H15F4N3O2/c1-11-2-7-15(21)16(8-11)27-10-13(9-17(27)28)18-25-19(29-26-18)12-3-5-14(6-4-12)20(22,23)24/h2-8,13H,9-10H2,1H3. The van der Waals surface area contributed by atoms with Gasteiger partial charge in [0.15, 0.2) is 5.82 Å². The van der Waals surface area contributed by atoms with E-state index in [0.29, 0.717) is 5.56 Å². The molecule has 0 bridgehead atoms. The van der Waals surface area contributed by atoms with Gasteiger partial charge in [-0.3, -0.25) is 4.79 Å². The second-order valence-electron chi connectivity index (χ2n) is 6.89. The fourth-order valence-corrected chi connectivity index (χ4v) is 3.26. The largest absolute Gasteiger partial charge is 0.416 e. The van der Waals surface area contributed by atoms with Gasteiger partial charge in [0.1, 0.15) is 5.82 Å². The third-order valence-corrected chi connectivity index (χ3v) is 4.78. The summed E-state index contributed by atoms with van der Waals surface area (Å²) in [5.74, 6) is -0.858. The Bertz CT molecular complexity index is 1060. The van der Waals surface area contributed by atoms with E-state index in [4.69, 9.17) is 4.52 Å². The number of alkyl halides is 3. The summed E-state index contributed by atoms with van der Waals surface area (Å²) in [6, 6.07) is 8.87. The molecular weight excluding hydrogens is 390 g/mol. The van der Waals surface area contributed by atoms with Crippen LogP contribution in [-0.4, -0.2) is 22.6 Å². The van der Waals surface area contributed by atoms with E-state index in [1.54, 1.807) is 19.1 Å². The van der Waals surface area contributed by atoms with Crippen molar-refractivity contribution in [3.8, 4) is 11.5 Å². The van der Waals surface area contributed by atoms with Crippen LogP contribution in [0.4, 0.5) is 23.2 Å². The molecule has 1 aliphatic heterocycles. The van der Waals surface area contributed by atoms with Gasteiger partial charge < -0.3 is 9.42 Å². The molecule has 1 saturated heterocycles. The van der Waals surface area contributed by atoms with Crippen LogP contribution >= 0.6 is 0 Å². The number of aromatic nitrogens is 2. The summed E-state index contributed by atoms with van der Waals surface area (Å²) in [6.07, 6.45) is -4.35. The second-order valence-corrected chi connectivity index (χ2v) is 6.89. The predicted octanol–water partition coefficient (Wildman–Crippen LogP) is 4.72. The van der Waals surface area contributed by atoms with E-state index in [9.17, 15) is 22.4 Å². The monoisotopic (exact) mass is 405 g/mol. The van der Waals surface area contributed by atoms with Crippen LogP contribution < -0.4 is 4.90 Å². The van der Waals surface area contributed by atoms with Gasteiger partial charge in [-0.1, -0.05) is 11.2 Å². The van der Waals surface area contributed by atoms with E-state index in [1.165, 1.54) is 23.1 Å². The maximum atomic E-state index is 14.1. The molecule has 0 aliphatic carbocycles. The highest BCUT2D eigenvalue weighted by Gasteiger charge is 2.36. The zero-order chi connectivity index (χ0) is 20.8. The molecule has 0 radical (unpaired) electrons. The molecule has 0 N–H and O–H groups in total. The van der Waals surface area contributed by atoms with Crippen LogP contribution in [0, 0.1) is 12.7 Å². The lowest BCUT2D eigenvalue weighted by Crippen LogP contribution is -2.25. The molecule has 3 aromatic rings. The molecule has 1 unspecified atom stereocenters. The summed E-state index contributed by atoms with van der Waals surface area (Å²) in [5.41, 5.74) is 0.576. The minimum Gasteiger partial charge on any atom is -0.334 e. The second kappa shape index (κ2) is 6.98. The van der Waals surface area contributed by atoms with Gasteiger partial charge >= 0.3 is 6.18 Å². The third-order valence-electron chi connectivity index (χ3n) is 4.78. The normalized spacial score (nSPS) is 17.2. The first-order chi connectivity index (χ1) is 13.7. The van der Waals surface area contributed by atoms with E-state index in [-0.39, 0.29) is 36.3 Å². The molecule has 4 rings (SSSR count). The number of carbonyl (C=O) groups is 1. The van der Waals surface area contributed by atoms with Gasteiger partial charge in [-0.15, -0.1) is 0 Å². The molecule has 1 aromatic heterocycles. The summed E-state index contributed by atoms with van der Waals surface area (Å²) in [6.45, 7) is 1.99. The lowest BCUT2D eigenvalue weighted by Gasteiger charge is -2.17. The number of hydrogen-bond acceptors (Lipinski definition) is 4. The van der Waals surface area contributed by atoms with Gasteiger partial charge in [-0.25, -0.2) is 4.39 Å². The zero-order valence-electron chi connectivity index (χ0n) is 15.2. The number of carbonyl (C=O) groups excluding carboxylic acids is 1. The summed E-state index contributed by atoms with van der Waals surface area (Å²) in [4.78, 5) is 18.0. The van der Waals surface area contributed by atoms with Crippen LogP contribution in [0.5, 0.6) is 0 Å². The van der Waals surface area contributed by atoms with Gasteiger partial charge in [0.2, 0.25) is 5.91 Å². The van der Waals surface area contributed by atoms with E-state index < -0.39 is 23.5 Å². The SMILES string of the molecule is Cc1ccc(F)c(N2CC(c3noc(-c4ccc(C(F)(F)F)cc4)n3)CC2=O)c1. The van der Waals surface area contributed by atoms with Crippen molar-refractivity contribution < 1.29 is 26.9 Å². The number of aryl methyl sites for hydroxylation is 1. The quantitative estimate of drug-likeness (QED) is 0.592. The van der Waals surface area contributed by atoms with Crippen molar-refractivity contribution in [2.45, 2.75) is 25.4 Å². The maximum Gasteiger partial charge on any atom is 0.416 e. The molecule has 1 fully saturated rings. The minimum absolute atomic E-state index is 0.0568. The first-order valence-electron chi connectivity index (χ1n) is 8.80. The molecule has 0 saturated carbocycles. The van der Waals surface area contributed by atoms with Crippen molar-refractivity contribution in [2.75, 3.05) is 11.4 Å². The topological polar surface area (TPSA) is 59.2 Å². The third kappa shape index (κ3) is 3.72. The van der Waals surface area contributed by atoms with E-state index in [1.807, 2.05) is 0 Å². The lowest BCUT2D eigenvalue weighted by atomic mass is 10.1. The Morgan fingerprint density at radius 2 is 1.86 bits per heavy atom. The van der Waals surface area contributed by atoms with Crippen molar-refractivity contribution >= 4 is 11.6 Å². The van der Waals surface area contributed by atoms with E-state index >= 15 is 0 Å². The number of halogens is 4. The summed E-state index contributed by atoms with van der Waals surface area (Å²) >= 11 is 0. The Morgan fingerprint density at radius 3 is 2.55 bits per heavy atom. The van der Waals surface area contributed by atoms with E-state index in [2.05, 4.69) is 10.1 Å². The molecule has 2 aromatic carbocycles. The Hall–Kier alpha value is -3.23. The number of benzene rings is 2. The minimum atomic E-state index is -4.43. The Balaban J connectivity index is 1.54. The maximum absolute atomic E-state index is 14.1. The van der Waals surface area contributed by atoms with Crippen molar-refractivity contribution in [3.63, 3.8) is 0 Å². The lowest BCUT2D eigenvalue weighted by molar-refractivity contribution is -0.137. The van der Waals surface area contributed by atoms with Crippen LogP contribution in [0.15, 0.2) is 47.0 Å². The number of nitrogens with zero attached hydrogens (tertiary/aromatic N) is 3. The van der Waals surface area contributed by atoms with Crippen LogP contribution in [0.1, 0.15) is 29.3 Å². The smallest absolute Gasteiger partial charge is 0.334 e. The van der Waals surface area contributed by atoms with Crippen LogP contribution in [-0.2, 0) is 11.0 Å². The van der Waals surface area contributed by atoms with Crippen molar-refractivity contribution in [2.24, 2.45) is 0 Å². The molecule has 1 atom stereocenters. The Morgan fingerprint density at radius 1 is 1.14 bits per heavy atom. The zero-order valence-corrected chi connectivity index (χ0v) is 15.2. The fraction of sp³-hybridized carbons (Fsp3) is 0.250. The van der Waals surface area contributed by atoms with Crippen molar-refractivity contribution in [1.29, 1.82) is 0 Å². The molecule has 29 heavy (non-hydrogen) atoms. The molecule has 9 heteroatoms. The van der Waals surface area contributed by atoms with Gasteiger partial charge in [-0.05, 0) is 48.9 Å². The first-order valence-corrected chi connectivity index (χ1v) is 8.80. The number of anilines is 1. The first kappa shape index (κ1) is 19.1. The average molecular weight is 405 g/mol. The molecule has 5 nitrogen and oxygen atoms in total. The Kier molecular flexibility index (Phi) is 4.60. The highest BCUT2D eigenvalue weighted by Crippen LogP contribution is 2.34. The highest BCUT2D eigenvalue weighted by atomic mass is 19.4. The summed E-state index contributed by atoms with van der Waals surface area (Å²) < 4.78 is 57.4. The molecule has 2 heterocycles. The van der Waals surface area contributed by atoms with Gasteiger partial charge in [0, 0.05) is 24.4 Å². The van der Waals surface area contributed by atoms with Crippen molar-refractivity contribution in [1.82, 2.24) is 10.1 Å². The number of amides is 1. The average Bonchev–Trinajstić information content (AvgIpc) is 3.30. The molecule has 150 valence electrons. The molecule has 1 aliphatic rings. The van der Waals surface area contributed by atoms with Crippen LogP contribution in [0.2, 0.25) is 0 Å². The molecular formula is C20H15F4N3O2. The van der Waals surface area contributed by atoms with Crippen LogP contribution in [0.25, 0.3) is 11.5 Å². The van der Waals surface area contributed by atoms with Gasteiger partial charge in [0.25, 0.3) is 5.89 Å². The summed E-state index contributed by atoms with van der Waals surface area (Å²) in [5, 5.41) is 3.87. The number of rotatable bonds is 3. The molecule has 0 spiro atoms. The Labute approximate surface area is 162 Å². The van der Waals surface area contributed by atoms with Crippen LogP contribution in [0.3, 0.4) is 0 Å². The molecule has 1 amide bonds. The van der Waals surface area contributed by atoms with Crippen molar-refractivity contribution in [3.05, 3.63) is 65.2 Å². The van der Waals surface area contributed by atoms with Gasteiger partial charge in [-0.2, -0.15) is 18.2 Å². The number of hydrogen-bond donors (Lipinski definition) is 0. The summed E-state index contributed by atoms with van der Waals surface area (Å²) in [7, 11) is 0. The highest BCUT2D eigenvalue weighted by molar-refractivity contribution is 5.96.